The van der Waals surface area contributed by atoms with Crippen molar-refractivity contribution in [3.8, 4) is 5.75 Å². The molecule has 2 aliphatic heterocycles. The number of aromatic nitrogens is 2. The Labute approximate surface area is 177 Å². The molecule has 1 aromatic carbocycles. The van der Waals surface area contributed by atoms with Gasteiger partial charge in [-0.1, -0.05) is 26.0 Å². The first-order chi connectivity index (χ1) is 14.4. The fraction of sp³-hybridized carbons (Fsp3) is 0.478. The molecule has 0 spiro atoms. The van der Waals surface area contributed by atoms with E-state index >= 15 is 0 Å². The van der Waals surface area contributed by atoms with Crippen molar-refractivity contribution >= 4 is 17.6 Å². The summed E-state index contributed by atoms with van der Waals surface area (Å²) in [7, 11) is 1.63. The van der Waals surface area contributed by atoms with Crippen LogP contribution in [0.4, 0.5) is 5.82 Å². The van der Waals surface area contributed by atoms with Crippen LogP contribution >= 0.6 is 0 Å². The number of rotatable bonds is 5. The molecular weight excluding hydrogens is 380 g/mol. The molecule has 30 heavy (non-hydrogen) atoms. The van der Waals surface area contributed by atoms with E-state index in [9.17, 15) is 9.59 Å². The molecule has 1 aromatic heterocycles. The van der Waals surface area contributed by atoms with Gasteiger partial charge in [-0.25, -0.2) is 9.97 Å². The number of aryl methyl sites for hydroxylation is 1. The summed E-state index contributed by atoms with van der Waals surface area (Å²) in [6.45, 7) is 6.95. The van der Waals surface area contributed by atoms with Crippen molar-refractivity contribution in [3.63, 3.8) is 0 Å². The summed E-state index contributed by atoms with van der Waals surface area (Å²) < 4.78 is 5.22. The zero-order valence-corrected chi connectivity index (χ0v) is 18.0. The summed E-state index contributed by atoms with van der Waals surface area (Å²) in [5.74, 6) is 2.20. The third-order valence-corrected chi connectivity index (χ3v) is 5.92. The highest BCUT2D eigenvalue weighted by Crippen LogP contribution is 2.36. The summed E-state index contributed by atoms with van der Waals surface area (Å²) in [6.07, 6.45) is 2.11. The molecule has 1 atom stereocenters. The number of methoxy groups -OCH3 is 1. The topological polar surface area (TPSA) is 75.6 Å². The highest BCUT2D eigenvalue weighted by Gasteiger charge is 2.36. The number of nitrogens with zero attached hydrogens (tertiary/aromatic N) is 4. The van der Waals surface area contributed by atoms with Crippen LogP contribution in [0.15, 0.2) is 24.3 Å². The number of anilines is 1. The number of carbonyl (C=O) groups is 2. The Morgan fingerprint density at radius 2 is 1.97 bits per heavy atom. The molecule has 2 aliphatic rings. The van der Waals surface area contributed by atoms with Crippen LogP contribution in [0.25, 0.3) is 0 Å². The van der Waals surface area contributed by atoms with Gasteiger partial charge in [0, 0.05) is 23.7 Å². The molecule has 2 amide bonds. The number of amides is 2. The van der Waals surface area contributed by atoms with Crippen molar-refractivity contribution in [3.05, 3.63) is 46.9 Å². The van der Waals surface area contributed by atoms with Gasteiger partial charge in [-0.2, -0.15) is 0 Å². The molecule has 0 saturated carbocycles. The molecule has 1 saturated heterocycles. The van der Waals surface area contributed by atoms with Gasteiger partial charge >= 0.3 is 0 Å². The molecule has 3 heterocycles. The van der Waals surface area contributed by atoms with E-state index in [1.165, 1.54) is 0 Å². The molecule has 7 heteroatoms. The smallest absolute Gasteiger partial charge is 0.233 e. The molecule has 0 radical (unpaired) electrons. The van der Waals surface area contributed by atoms with E-state index in [-0.39, 0.29) is 23.8 Å². The summed E-state index contributed by atoms with van der Waals surface area (Å²) in [5.41, 5.74) is 2.72. The lowest BCUT2D eigenvalue weighted by Crippen LogP contribution is -2.35. The molecule has 0 aliphatic carbocycles. The van der Waals surface area contributed by atoms with Crippen LogP contribution in [-0.2, 0) is 22.6 Å². The fourth-order valence-electron chi connectivity index (χ4n) is 4.25. The van der Waals surface area contributed by atoms with Crippen molar-refractivity contribution in [2.45, 2.75) is 52.6 Å². The largest absolute Gasteiger partial charge is 0.497 e. The lowest BCUT2D eigenvalue weighted by molar-refractivity contribution is -0.135. The predicted octanol–water partition coefficient (Wildman–Crippen LogP) is 3.20. The van der Waals surface area contributed by atoms with E-state index in [0.717, 1.165) is 42.0 Å². The first kappa shape index (κ1) is 20.3. The maximum absolute atomic E-state index is 12.8. The number of hydrogen-bond donors (Lipinski definition) is 0. The first-order valence-corrected chi connectivity index (χ1v) is 10.5. The molecule has 1 fully saturated rings. The maximum atomic E-state index is 12.8. The summed E-state index contributed by atoms with van der Waals surface area (Å²) in [6, 6.07) is 7.57. The quantitative estimate of drug-likeness (QED) is 0.759. The van der Waals surface area contributed by atoms with Gasteiger partial charge < -0.3 is 9.64 Å². The Bertz CT molecular complexity index is 971. The zero-order valence-electron chi connectivity index (χ0n) is 18.0. The van der Waals surface area contributed by atoms with Crippen molar-refractivity contribution in [2.75, 3.05) is 18.6 Å². The second-order valence-corrected chi connectivity index (χ2v) is 8.32. The average molecular weight is 409 g/mol. The normalized spacial score (nSPS) is 18.3. The minimum absolute atomic E-state index is 0.0249. The molecular formula is C23H28N4O3. The van der Waals surface area contributed by atoms with E-state index in [1.807, 2.05) is 49.9 Å². The minimum Gasteiger partial charge on any atom is -0.497 e. The lowest BCUT2D eigenvalue weighted by Gasteiger charge is -2.26. The molecule has 2 aromatic rings. The number of fused-ring (bicyclic) bond motifs is 1. The summed E-state index contributed by atoms with van der Waals surface area (Å²) >= 11 is 0. The van der Waals surface area contributed by atoms with Gasteiger partial charge in [-0.05, 0) is 37.5 Å². The van der Waals surface area contributed by atoms with Crippen molar-refractivity contribution < 1.29 is 14.3 Å². The molecule has 4 rings (SSSR count). The van der Waals surface area contributed by atoms with Crippen LogP contribution < -0.4 is 9.64 Å². The Morgan fingerprint density at radius 3 is 2.63 bits per heavy atom. The molecule has 1 unspecified atom stereocenters. The van der Waals surface area contributed by atoms with E-state index in [4.69, 9.17) is 14.7 Å². The number of carbonyl (C=O) groups excluding carboxylic acids is 2. The van der Waals surface area contributed by atoms with Crippen LogP contribution in [0.5, 0.6) is 5.75 Å². The Morgan fingerprint density at radius 1 is 1.23 bits per heavy atom. The summed E-state index contributed by atoms with van der Waals surface area (Å²) in [4.78, 5) is 38.6. The lowest BCUT2D eigenvalue weighted by atomic mass is 10.1. The predicted molar refractivity (Wildman–Crippen MR) is 113 cm³/mol. The first-order valence-electron chi connectivity index (χ1n) is 10.5. The van der Waals surface area contributed by atoms with E-state index in [1.54, 1.807) is 12.0 Å². The van der Waals surface area contributed by atoms with Crippen LogP contribution in [-0.4, -0.2) is 40.3 Å². The van der Waals surface area contributed by atoms with E-state index in [2.05, 4.69) is 0 Å². The van der Waals surface area contributed by atoms with Gasteiger partial charge in [-0.15, -0.1) is 0 Å². The van der Waals surface area contributed by atoms with E-state index < -0.39 is 0 Å². The second kappa shape index (κ2) is 8.05. The molecule has 158 valence electrons. The maximum Gasteiger partial charge on any atom is 0.233 e. The highest BCUT2D eigenvalue weighted by atomic mass is 16.5. The van der Waals surface area contributed by atoms with Crippen molar-refractivity contribution in [1.82, 2.24) is 14.9 Å². The van der Waals surface area contributed by atoms with Gasteiger partial charge in [-0.3, -0.25) is 14.5 Å². The monoisotopic (exact) mass is 408 g/mol. The second-order valence-electron chi connectivity index (χ2n) is 8.32. The van der Waals surface area contributed by atoms with Gasteiger partial charge in [0.25, 0.3) is 0 Å². The minimum atomic E-state index is -0.123. The highest BCUT2D eigenvalue weighted by molar-refractivity contribution is 6.00. The number of ether oxygens (including phenoxy) is 1. The number of hydrogen-bond acceptors (Lipinski definition) is 5. The van der Waals surface area contributed by atoms with Gasteiger partial charge in [0.05, 0.1) is 26.1 Å². The molecule has 0 bridgehead atoms. The Hall–Kier alpha value is -2.96. The van der Waals surface area contributed by atoms with Gasteiger partial charge in [0.1, 0.15) is 11.6 Å². The van der Waals surface area contributed by atoms with Crippen LogP contribution in [0.1, 0.15) is 55.4 Å². The van der Waals surface area contributed by atoms with Gasteiger partial charge in [0.2, 0.25) is 11.8 Å². The van der Waals surface area contributed by atoms with Crippen molar-refractivity contribution in [1.29, 1.82) is 0 Å². The zero-order chi connectivity index (χ0) is 21.4. The number of benzene rings is 1. The SMILES string of the molecule is COc1ccc(CN2C(=O)Cc3c(C)nc(C4CCCN4C(=O)C(C)C)nc32)cc1. The van der Waals surface area contributed by atoms with Crippen molar-refractivity contribution in [2.24, 2.45) is 5.92 Å². The van der Waals surface area contributed by atoms with Crippen LogP contribution in [0.3, 0.4) is 0 Å². The van der Waals surface area contributed by atoms with E-state index in [0.29, 0.717) is 24.6 Å². The molecule has 0 N–H and O–H groups in total. The average Bonchev–Trinajstić information content (AvgIpc) is 3.34. The third kappa shape index (κ3) is 3.64. The van der Waals surface area contributed by atoms with Crippen LogP contribution in [0, 0.1) is 12.8 Å². The van der Waals surface area contributed by atoms with Gasteiger partial charge in [0.15, 0.2) is 5.82 Å². The summed E-state index contributed by atoms with van der Waals surface area (Å²) in [5, 5.41) is 0. The third-order valence-electron chi connectivity index (χ3n) is 5.92. The van der Waals surface area contributed by atoms with Crippen LogP contribution in [0.2, 0.25) is 0 Å². The number of likely N-dealkylation sites (tertiary alicyclic amines) is 1. The standard InChI is InChI=1S/C23H28N4O3/c1-14(2)23(29)26-11-5-6-19(26)21-24-15(3)18-12-20(28)27(22(18)25-21)13-16-7-9-17(30-4)10-8-16/h7-10,14,19H,5-6,11-13H2,1-4H3. The fourth-order valence-corrected chi connectivity index (χ4v) is 4.25. The Kier molecular flexibility index (Phi) is 5.45. The Balaban J connectivity index is 1.65. The molecule has 7 nitrogen and oxygen atoms in total.